The molecule has 0 unspecified atom stereocenters. The summed E-state index contributed by atoms with van der Waals surface area (Å²) in [6.07, 6.45) is 5.78. The average molecular weight is 223 g/mol. The van der Waals surface area contributed by atoms with E-state index in [4.69, 9.17) is 10.5 Å². The van der Waals surface area contributed by atoms with Crippen molar-refractivity contribution in [2.45, 2.75) is 13.0 Å². The Bertz CT molecular complexity index is 586. The Kier molecular flexibility index (Phi) is 3.13. The van der Waals surface area contributed by atoms with Gasteiger partial charge in [-0.05, 0) is 18.1 Å². The van der Waals surface area contributed by atoms with E-state index in [0.717, 1.165) is 12.0 Å². The standard InChI is InChI=1S/C12H9N5/c13-6-11-12(7-14)17(9-16-11)5-3-10-2-1-4-15-8-10/h1-2,4,8-9H,3,5H2. The monoisotopic (exact) mass is 223 g/mol. The summed E-state index contributed by atoms with van der Waals surface area (Å²) in [7, 11) is 0. The fraction of sp³-hybridized carbons (Fsp3) is 0.167. The van der Waals surface area contributed by atoms with Gasteiger partial charge in [0.15, 0.2) is 11.4 Å². The molecule has 0 aliphatic rings. The van der Waals surface area contributed by atoms with Crippen molar-refractivity contribution in [1.82, 2.24) is 14.5 Å². The van der Waals surface area contributed by atoms with Gasteiger partial charge in [0.25, 0.3) is 0 Å². The summed E-state index contributed by atoms with van der Waals surface area (Å²) in [6, 6.07) is 7.74. The molecule has 0 amide bonds. The molecular weight excluding hydrogens is 214 g/mol. The van der Waals surface area contributed by atoms with Gasteiger partial charge in [-0.3, -0.25) is 4.98 Å². The normalized spacial score (nSPS) is 9.53. The maximum atomic E-state index is 8.94. The van der Waals surface area contributed by atoms with Crippen LogP contribution < -0.4 is 0 Å². The molecule has 2 rings (SSSR count). The summed E-state index contributed by atoms with van der Waals surface area (Å²) in [5.74, 6) is 0. The van der Waals surface area contributed by atoms with Crippen LogP contribution in [-0.2, 0) is 13.0 Å². The maximum Gasteiger partial charge on any atom is 0.176 e. The number of nitrogens with zero attached hydrogens (tertiary/aromatic N) is 5. The molecule has 17 heavy (non-hydrogen) atoms. The highest BCUT2D eigenvalue weighted by atomic mass is 15.1. The highest BCUT2D eigenvalue weighted by Gasteiger charge is 2.09. The molecule has 0 N–H and O–H groups in total. The first kappa shape index (κ1) is 10.8. The molecule has 0 bridgehead atoms. The van der Waals surface area contributed by atoms with Crippen molar-refractivity contribution in [2.24, 2.45) is 0 Å². The summed E-state index contributed by atoms with van der Waals surface area (Å²) in [5.41, 5.74) is 1.58. The molecule has 0 aromatic carbocycles. The van der Waals surface area contributed by atoms with Gasteiger partial charge in [0.2, 0.25) is 0 Å². The molecule has 2 aromatic rings. The second-order valence-corrected chi connectivity index (χ2v) is 3.47. The predicted molar refractivity (Wildman–Crippen MR) is 59.6 cm³/mol. The number of aromatic nitrogens is 3. The van der Waals surface area contributed by atoms with Crippen molar-refractivity contribution in [3.8, 4) is 12.1 Å². The largest absolute Gasteiger partial charge is 0.321 e. The molecule has 5 nitrogen and oxygen atoms in total. The fourth-order valence-corrected chi connectivity index (χ4v) is 1.55. The van der Waals surface area contributed by atoms with Crippen molar-refractivity contribution >= 4 is 0 Å². The van der Waals surface area contributed by atoms with Crippen LogP contribution in [0.5, 0.6) is 0 Å². The SMILES string of the molecule is N#Cc1ncn(CCc2cccnc2)c1C#N. The molecule has 0 saturated carbocycles. The van der Waals surface area contributed by atoms with Gasteiger partial charge in [-0.1, -0.05) is 6.07 Å². The zero-order chi connectivity index (χ0) is 12.1. The van der Waals surface area contributed by atoms with Crippen molar-refractivity contribution in [2.75, 3.05) is 0 Å². The van der Waals surface area contributed by atoms with Gasteiger partial charge in [0, 0.05) is 18.9 Å². The quantitative estimate of drug-likeness (QED) is 0.784. The van der Waals surface area contributed by atoms with E-state index >= 15 is 0 Å². The molecule has 5 heteroatoms. The molecule has 0 atom stereocenters. The van der Waals surface area contributed by atoms with Crippen LogP contribution in [0.2, 0.25) is 0 Å². The van der Waals surface area contributed by atoms with Crippen molar-refractivity contribution < 1.29 is 0 Å². The van der Waals surface area contributed by atoms with Gasteiger partial charge in [0.1, 0.15) is 12.1 Å². The number of hydrogen-bond donors (Lipinski definition) is 0. The molecule has 0 saturated heterocycles. The molecule has 2 aromatic heterocycles. The lowest BCUT2D eigenvalue weighted by atomic mass is 10.2. The van der Waals surface area contributed by atoms with E-state index in [2.05, 4.69) is 9.97 Å². The minimum Gasteiger partial charge on any atom is -0.321 e. The van der Waals surface area contributed by atoms with Gasteiger partial charge < -0.3 is 4.57 Å². The van der Waals surface area contributed by atoms with E-state index in [1.165, 1.54) is 6.33 Å². The Morgan fingerprint density at radius 1 is 1.29 bits per heavy atom. The Balaban J connectivity index is 2.13. The van der Waals surface area contributed by atoms with Gasteiger partial charge in [-0.15, -0.1) is 0 Å². The van der Waals surface area contributed by atoms with Crippen LogP contribution in [0.25, 0.3) is 0 Å². The summed E-state index contributed by atoms with van der Waals surface area (Å²) < 4.78 is 1.69. The van der Waals surface area contributed by atoms with E-state index in [-0.39, 0.29) is 5.69 Å². The Morgan fingerprint density at radius 2 is 2.18 bits per heavy atom. The molecule has 0 radical (unpaired) electrons. The summed E-state index contributed by atoms with van der Waals surface area (Å²) >= 11 is 0. The van der Waals surface area contributed by atoms with Crippen LogP contribution in [0.3, 0.4) is 0 Å². The third-order valence-corrected chi connectivity index (χ3v) is 2.41. The number of aryl methyl sites for hydroxylation is 2. The fourth-order valence-electron chi connectivity index (χ4n) is 1.55. The lowest BCUT2D eigenvalue weighted by Gasteiger charge is -2.03. The van der Waals surface area contributed by atoms with Crippen LogP contribution in [-0.4, -0.2) is 14.5 Å². The first-order chi connectivity index (χ1) is 8.35. The molecule has 0 aliphatic heterocycles. The third-order valence-electron chi connectivity index (χ3n) is 2.41. The van der Waals surface area contributed by atoms with Crippen molar-refractivity contribution in [3.05, 3.63) is 47.8 Å². The minimum absolute atomic E-state index is 0.179. The number of hydrogen-bond acceptors (Lipinski definition) is 4. The third kappa shape index (κ3) is 2.30. The van der Waals surface area contributed by atoms with Crippen molar-refractivity contribution in [3.63, 3.8) is 0 Å². The van der Waals surface area contributed by atoms with Crippen molar-refractivity contribution in [1.29, 1.82) is 10.5 Å². The molecular formula is C12H9N5. The lowest BCUT2D eigenvalue weighted by Crippen LogP contribution is -2.03. The van der Waals surface area contributed by atoms with Gasteiger partial charge in [-0.25, -0.2) is 4.98 Å². The van der Waals surface area contributed by atoms with E-state index in [1.54, 1.807) is 17.0 Å². The molecule has 0 spiro atoms. The van der Waals surface area contributed by atoms with E-state index in [1.807, 2.05) is 24.3 Å². The van der Waals surface area contributed by atoms with Crippen LogP contribution in [0.4, 0.5) is 0 Å². The van der Waals surface area contributed by atoms with Crippen LogP contribution in [0, 0.1) is 22.7 Å². The zero-order valence-corrected chi connectivity index (χ0v) is 9.04. The topological polar surface area (TPSA) is 78.3 Å². The Labute approximate surface area is 98.6 Å². The van der Waals surface area contributed by atoms with Gasteiger partial charge in [-0.2, -0.15) is 10.5 Å². The van der Waals surface area contributed by atoms with E-state index in [0.29, 0.717) is 12.2 Å². The molecule has 0 fully saturated rings. The highest BCUT2D eigenvalue weighted by Crippen LogP contribution is 2.07. The predicted octanol–water partition coefficient (Wildman–Crippen LogP) is 1.26. The smallest absolute Gasteiger partial charge is 0.176 e. The summed E-state index contributed by atoms with van der Waals surface area (Å²) in [4.78, 5) is 7.90. The van der Waals surface area contributed by atoms with E-state index < -0.39 is 0 Å². The van der Waals surface area contributed by atoms with Gasteiger partial charge in [0.05, 0.1) is 6.33 Å². The second-order valence-electron chi connectivity index (χ2n) is 3.47. The lowest BCUT2D eigenvalue weighted by molar-refractivity contribution is 0.686. The average Bonchev–Trinajstić information content (AvgIpc) is 2.79. The van der Waals surface area contributed by atoms with Crippen LogP contribution in [0.1, 0.15) is 17.0 Å². The zero-order valence-electron chi connectivity index (χ0n) is 9.04. The Morgan fingerprint density at radius 3 is 2.82 bits per heavy atom. The first-order valence-corrected chi connectivity index (χ1v) is 5.09. The number of pyridine rings is 1. The van der Waals surface area contributed by atoms with Crippen LogP contribution in [0.15, 0.2) is 30.9 Å². The van der Waals surface area contributed by atoms with Crippen LogP contribution >= 0.6 is 0 Å². The second kappa shape index (κ2) is 4.91. The molecule has 2 heterocycles. The maximum absolute atomic E-state index is 8.94. The number of imidazole rings is 1. The summed E-state index contributed by atoms with van der Waals surface area (Å²) in [5, 5.41) is 17.7. The first-order valence-electron chi connectivity index (χ1n) is 5.09. The van der Waals surface area contributed by atoms with Gasteiger partial charge >= 0.3 is 0 Å². The Hall–Kier alpha value is -2.66. The van der Waals surface area contributed by atoms with E-state index in [9.17, 15) is 0 Å². The summed E-state index contributed by atoms with van der Waals surface area (Å²) in [6.45, 7) is 0.614. The number of rotatable bonds is 3. The molecule has 82 valence electrons. The highest BCUT2D eigenvalue weighted by molar-refractivity contribution is 5.36. The minimum atomic E-state index is 0.179. The molecule has 0 aliphatic carbocycles. The number of nitriles is 2.